The van der Waals surface area contributed by atoms with Gasteiger partial charge in [0.05, 0.1) is 6.20 Å². The van der Waals surface area contributed by atoms with Crippen LogP contribution in [0.25, 0.3) is 0 Å². The van der Waals surface area contributed by atoms with Gasteiger partial charge in [-0.1, -0.05) is 6.92 Å². The molecule has 3 heteroatoms. The van der Waals surface area contributed by atoms with Crippen LogP contribution in [-0.4, -0.2) is 18.1 Å². The molecule has 1 saturated heterocycles. The maximum absolute atomic E-state index is 5.69. The number of aromatic nitrogens is 1. The second kappa shape index (κ2) is 5.31. The minimum Gasteiger partial charge on any atom is -0.446 e. The summed E-state index contributed by atoms with van der Waals surface area (Å²) < 4.78 is 5.69. The summed E-state index contributed by atoms with van der Waals surface area (Å²) >= 11 is 0. The summed E-state index contributed by atoms with van der Waals surface area (Å²) in [5, 5.41) is 3.42. The largest absolute Gasteiger partial charge is 0.446 e. The number of piperidine rings is 1. The van der Waals surface area contributed by atoms with E-state index in [4.69, 9.17) is 4.42 Å². The van der Waals surface area contributed by atoms with E-state index in [0.29, 0.717) is 5.92 Å². The summed E-state index contributed by atoms with van der Waals surface area (Å²) in [7, 11) is 0. The minimum atomic E-state index is 0.715. The third kappa shape index (κ3) is 3.06. The van der Waals surface area contributed by atoms with Gasteiger partial charge in [0.1, 0.15) is 5.76 Å². The van der Waals surface area contributed by atoms with E-state index in [2.05, 4.69) is 17.2 Å². The lowest BCUT2D eigenvalue weighted by atomic mass is 9.96. The van der Waals surface area contributed by atoms with Crippen molar-refractivity contribution in [3.8, 4) is 0 Å². The Hall–Kier alpha value is -0.830. The van der Waals surface area contributed by atoms with Crippen molar-refractivity contribution in [2.75, 3.05) is 13.1 Å². The molecule has 1 aliphatic heterocycles. The molecule has 1 unspecified atom stereocenters. The molecule has 1 atom stereocenters. The van der Waals surface area contributed by atoms with Crippen molar-refractivity contribution in [2.24, 2.45) is 5.92 Å². The molecule has 1 N–H and O–H groups in total. The summed E-state index contributed by atoms with van der Waals surface area (Å²) in [5.41, 5.74) is 0. The van der Waals surface area contributed by atoms with Gasteiger partial charge in [-0.25, -0.2) is 4.98 Å². The number of rotatable bonds is 4. The van der Waals surface area contributed by atoms with Gasteiger partial charge < -0.3 is 9.73 Å². The maximum atomic E-state index is 5.69. The smallest absolute Gasteiger partial charge is 0.194 e. The highest BCUT2D eigenvalue weighted by Crippen LogP contribution is 2.16. The van der Waals surface area contributed by atoms with Gasteiger partial charge >= 0.3 is 0 Å². The molecule has 2 heterocycles. The normalized spacial score (nSPS) is 21.8. The quantitative estimate of drug-likeness (QED) is 0.824. The zero-order valence-electron chi connectivity index (χ0n) is 9.46. The second-order valence-corrected chi connectivity index (χ2v) is 4.39. The Morgan fingerprint density at radius 3 is 3.27 bits per heavy atom. The molecule has 1 aliphatic rings. The highest BCUT2D eigenvalue weighted by Gasteiger charge is 2.16. The van der Waals surface area contributed by atoms with E-state index in [-0.39, 0.29) is 0 Å². The van der Waals surface area contributed by atoms with E-state index >= 15 is 0 Å². The first kappa shape index (κ1) is 10.7. The topological polar surface area (TPSA) is 38.1 Å². The fourth-order valence-electron chi connectivity index (χ4n) is 2.15. The highest BCUT2D eigenvalue weighted by molar-refractivity contribution is 4.95. The summed E-state index contributed by atoms with van der Waals surface area (Å²) in [6, 6.07) is 0. The third-order valence-corrected chi connectivity index (χ3v) is 2.96. The molecule has 1 aromatic heterocycles. The van der Waals surface area contributed by atoms with Crippen molar-refractivity contribution in [2.45, 2.75) is 39.0 Å². The van der Waals surface area contributed by atoms with Crippen LogP contribution in [0.3, 0.4) is 0 Å². The first-order valence-electron chi connectivity index (χ1n) is 6.02. The molecule has 2 rings (SSSR count). The van der Waals surface area contributed by atoms with Crippen LogP contribution in [0.4, 0.5) is 0 Å². The highest BCUT2D eigenvalue weighted by atomic mass is 16.4. The molecule has 84 valence electrons. The van der Waals surface area contributed by atoms with Crippen LogP contribution >= 0.6 is 0 Å². The van der Waals surface area contributed by atoms with E-state index in [0.717, 1.165) is 37.5 Å². The Balaban J connectivity index is 1.86. The van der Waals surface area contributed by atoms with Crippen molar-refractivity contribution in [1.82, 2.24) is 10.3 Å². The van der Waals surface area contributed by atoms with E-state index in [1.165, 1.54) is 19.4 Å². The Kier molecular flexibility index (Phi) is 3.78. The summed E-state index contributed by atoms with van der Waals surface area (Å²) in [6.07, 6.45) is 7.60. The number of oxazole rings is 1. The van der Waals surface area contributed by atoms with Crippen molar-refractivity contribution < 1.29 is 4.42 Å². The molecule has 0 amide bonds. The standard InChI is InChI=1S/C12H20N2O/c1-2-4-11-9-14-12(15-11)7-10-5-3-6-13-8-10/h9-10,13H,2-8H2,1H3. The van der Waals surface area contributed by atoms with Crippen LogP contribution < -0.4 is 5.32 Å². The number of nitrogens with zero attached hydrogens (tertiary/aromatic N) is 1. The summed E-state index contributed by atoms with van der Waals surface area (Å²) in [5.74, 6) is 2.68. The molecule has 1 aromatic rings. The van der Waals surface area contributed by atoms with E-state index < -0.39 is 0 Å². The average molecular weight is 208 g/mol. The third-order valence-electron chi connectivity index (χ3n) is 2.96. The van der Waals surface area contributed by atoms with Crippen molar-refractivity contribution in [1.29, 1.82) is 0 Å². The lowest BCUT2D eigenvalue weighted by molar-refractivity contribution is 0.339. The molecule has 0 radical (unpaired) electrons. The Labute approximate surface area is 91.3 Å². The zero-order chi connectivity index (χ0) is 10.5. The molecule has 0 aliphatic carbocycles. The predicted molar refractivity (Wildman–Crippen MR) is 59.8 cm³/mol. The molecule has 0 bridgehead atoms. The molecule has 3 nitrogen and oxygen atoms in total. The number of nitrogens with one attached hydrogen (secondary N) is 1. The van der Waals surface area contributed by atoms with Gasteiger partial charge in [-0.15, -0.1) is 0 Å². The first-order chi connectivity index (χ1) is 7.38. The molecule has 1 fully saturated rings. The number of aryl methyl sites for hydroxylation is 1. The van der Waals surface area contributed by atoms with Gasteiger partial charge in [-0.2, -0.15) is 0 Å². The van der Waals surface area contributed by atoms with Crippen LogP contribution in [0.15, 0.2) is 10.6 Å². The Morgan fingerprint density at radius 2 is 2.53 bits per heavy atom. The molecule has 0 saturated carbocycles. The van der Waals surface area contributed by atoms with Gasteiger partial charge in [0, 0.05) is 12.8 Å². The summed E-state index contributed by atoms with van der Waals surface area (Å²) in [4.78, 5) is 4.33. The monoisotopic (exact) mass is 208 g/mol. The number of hydrogen-bond acceptors (Lipinski definition) is 3. The van der Waals surface area contributed by atoms with Gasteiger partial charge in [-0.3, -0.25) is 0 Å². The van der Waals surface area contributed by atoms with Crippen LogP contribution in [0.1, 0.15) is 37.8 Å². The van der Waals surface area contributed by atoms with Gasteiger partial charge in [0.25, 0.3) is 0 Å². The van der Waals surface area contributed by atoms with Crippen LogP contribution in [0.2, 0.25) is 0 Å². The molecular weight excluding hydrogens is 188 g/mol. The van der Waals surface area contributed by atoms with Crippen LogP contribution in [0, 0.1) is 5.92 Å². The van der Waals surface area contributed by atoms with Gasteiger partial charge in [0.2, 0.25) is 0 Å². The fourth-order valence-corrected chi connectivity index (χ4v) is 2.15. The van der Waals surface area contributed by atoms with Gasteiger partial charge in [0.15, 0.2) is 5.89 Å². The van der Waals surface area contributed by atoms with E-state index in [9.17, 15) is 0 Å². The molecular formula is C12H20N2O. The lowest BCUT2D eigenvalue weighted by Crippen LogP contribution is -2.30. The predicted octanol–water partition coefficient (Wildman–Crippen LogP) is 2.17. The van der Waals surface area contributed by atoms with Crippen molar-refractivity contribution in [3.05, 3.63) is 17.8 Å². The first-order valence-corrected chi connectivity index (χ1v) is 6.02. The van der Waals surface area contributed by atoms with Crippen LogP contribution in [0.5, 0.6) is 0 Å². The lowest BCUT2D eigenvalue weighted by Gasteiger charge is -2.21. The maximum Gasteiger partial charge on any atom is 0.194 e. The Bertz CT molecular complexity index is 290. The average Bonchev–Trinajstić information content (AvgIpc) is 2.68. The zero-order valence-corrected chi connectivity index (χ0v) is 9.46. The molecule has 15 heavy (non-hydrogen) atoms. The number of hydrogen-bond donors (Lipinski definition) is 1. The fraction of sp³-hybridized carbons (Fsp3) is 0.750. The minimum absolute atomic E-state index is 0.715. The van der Waals surface area contributed by atoms with E-state index in [1.54, 1.807) is 0 Å². The summed E-state index contributed by atoms with van der Waals surface area (Å²) in [6.45, 7) is 4.45. The van der Waals surface area contributed by atoms with Crippen LogP contribution in [-0.2, 0) is 12.8 Å². The SMILES string of the molecule is CCCc1cnc(CC2CCCNC2)o1. The van der Waals surface area contributed by atoms with Crippen molar-refractivity contribution in [3.63, 3.8) is 0 Å². The molecule has 0 aromatic carbocycles. The Morgan fingerprint density at radius 1 is 1.60 bits per heavy atom. The van der Waals surface area contributed by atoms with Gasteiger partial charge in [-0.05, 0) is 38.3 Å². The molecule has 0 spiro atoms. The van der Waals surface area contributed by atoms with E-state index in [1.807, 2.05) is 6.20 Å². The second-order valence-electron chi connectivity index (χ2n) is 4.39. The van der Waals surface area contributed by atoms with Crippen molar-refractivity contribution >= 4 is 0 Å².